The molecule has 18 heavy (non-hydrogen) atoms. The molecule has 0 spiro atoms. The summed E-state index contributed by atoms with van der Waals surface area (Å²) in [5, 5.41) is 0. The van der Waals surface area contributed by atoms with E-state index in [1.165, 1.54) is 33.1 Å². The third-order valence-electron chi connectivity index (χ3n) is 2.99. The van der Waals surface area contributed by atoms with Gasteiger partial charge >= 0.3 is 5.97 Å². The summed E-state index contributed by atoms with van der Waals surface area (Å²) < 4.78 is 27.7. The Labute approximate surface area is 108 Å². The van der Waals surface area contributed by atoms with E-state index in [1.54, 1.807) is 12.1 Å². The molecular formula is C13H18O4S. The molecule has 1 aromatic rings. The van der Waals surface area contributed by atoms with E-state index in [2.05, 4.69) is 4.74 Å². The van der Waals surface area contributed by atoms with Gasteiger partial charge in [0.05, 0.1) is 12.0 Å². The maximum Gasteiger partial charge on any atom is 0.327 e. The van der Waals surface area contributed by atoms with E-state index in [4.69, 9.17) is 0 Å². The van der Waals surface area contributed by atoms with Gasteiger partial charge in [0.1, 0.15) is 0 Å². The Morgan fingerprint density at radius 1 is 1.22 bits per heavy atom. The Balaban J connectivity index is 3.24. The normalized spacial score (nSPS) is 12.2. The van der Waals surface area contributed by atoms with Gasteiger partial charge in [-0.05, 0) is 38.0 Å². The van der Waals surface area contributed by atoms with Crippen molar-refractivity contribution in [2.24, 2.45) is 0 Å². The number of sulfone groups is 1. The summed E-state index contributed by atoms with van der Waals surface area (Å²) >= 11 is 0. The topological polar surface area (TPSA) is 60.4 Å². The number of carbonyl (C=O) groups is 1. The van der Waals surface area contributed by atoms with Crippen LogP contribution in [0.5, 0.6) is 0 Å². The Morgan fingerprint density at radius 3 is 2.11 bits per heavy atom. The SMILES string of the molecule is CCc1ccc(S(=O)(=O)C(C)(C)C(=O)OC)cc1. The zero-order chi connectivity index (χ0) is 14.0. The van der Waals surface area contributed by atoms with Crippen LogP contribution in [0.2, 0.25) is 0 Å². The molecular weight excluding hydrogens is 252 g/mol. The minimum Gasteiger partial charge on any atom is -0.468 e. The van der Waals surface area contributed by atoms with Gasteiger partial charge in [-0.3, -0.25) is 4.79 Å². The molecule has 4 nitrogen and oxygen atoms in total. The van der Waals surface area contributed by atoms with E-state index in [-0.39, 0.29) is 4.90 Å². The average molecular weight is 270 g/mol. The van der Waals surface area contributed by atoms with Crippen LogP contribution < -0.4 is 0 Å². The first-order valence-electron chi connectivity index (χ1n) is 5.69. The summed E-state index contributed by atoms with van der Waals surface area (Å²) in [6.45, 7) is 4.69. The van der Waals surface area contributed by atoms with E-state index >= 15 is 0 Å². The molecule has 5 heteroatoms. The lowest BCUT2D eigenvalue weighted by Gasteiger charge is -2.21. The quantitative estimate of drug-likeness (QED) is 0.785. The van der Waals surface area contributed by atoms with Crippen LogP contribution in [0.3, 0.4) is 0 Å². The summed E-state index contributed by atoms with van der Waals surface area (Å²) in [6, 6.07) is 6.55. The van der Waals surface area contributed by atoms with E-state index < -0.39 is 20.6 Å². The van der Waals surface area contributed by atoms with Crippen molar-refractivity contribution in [1.82, 2.24) is 0 Å². The summed E-state index contributed by atoms with van der Waals surface area (Å²) in [7, 11) is -2.57. The minimum atomic E-state index is -3.75. The number of aryl methyl sites for hydroxylation is 1. The minimum absolute atomic E-state index is 0.134. The molecule has 0 fully saturated rings. The lowest BCUT2D eigenvalue weighted by atomic mass is 10.2. The molecule has 0 unspecified atom stereocenters. The van der Waals surface area contributed by atoms with Crippen molar-refractivity contribution in [2.45, 2.75) is 36.8 Å². The molecule has 0 radical (unpaired) electrons. The second-order valence-electron chi connectivity index (χ2n) is 4.50. The van der Waals surface area contributed by atoms with Gasteiger partial charge in [0.15, 0.2) is 14.6 Å². The zero-order valence-electron chi connectivity index (χ0n) is 11.1. The first-order chi connectivity index (χ1) is 8.27. The Hall–Kier alpha value is -1.36. The highest BCUT2D eigenvalue weighted by atomic mass is 32.2. The fourth-order valence-electron chi connectivity index (χ4n) is 1.55. The van der Waals surface area contributed by atoms with Gasteiger partial charge < -0.3 is 4.74 Å². The average Bonchev–Trinajstić information content (AvgIpc) is 2.37. The molecule has 0 aliphatic rings. The second-order valence-corrected chi connectivity index (χ2v) is 7.00. The Bertz CT molecular complexity index is 527. The van der Waals surface area contributed by atoms with Crippen LogP contribution in [-0.4, -0.2) is 26.2 Å². The summed E-state index contributed by atoms with van der Waals surface area (Å²) in [6.07, 6.45) is 0.834. The fraction of sp³-hybridized carbons (Fsp3) is 0.462. The molecule has 0 saturated heterocycles. The van der Waals surface area contributed by atoms with Crippen LogP contribution in [-0.2, 0) is 25.8 Å². The van der Waals surface area contributed by atoms with Crippen LogP contribution >= 0.6 is 0 Å². The fourth-order valence-corrected chi connectivity index (χ4v) is 2.94. The highest BCUT2D eigenvalue weighted by Crippen LogP contribution is 2.26. The molecule has 0 atom stereocenters. The van der Waals surface area contributed by atoms with Crippen molar-refractivity contribution < 1.29 is 17.9 Å². The molecule has 100 valence electrons. The van der Waals surface area contributed by atoms with E-state index in [1.807, 2.05) is 6.92 Å². The first-order valence-corrected chi connectivity index (χ1v) is 7.17. The van der Waals surface area contributed by atoms with Gasteiger partial charge in [0.2, 0.25) is 0 Å². The molecule has 0 saturated carbocycles. The molecule has 0 heterocycles. The number of carbonyl (C=O) groups excluding carboxylic acids is 1. The number of esters is 1. The van der Waals surface area contributed by atoms with Crippen LogP contribution in [0.25, 0.3) is 0 Å². The molecule has 0 aliphatic heterocycles. The number of hydrogen-bond acceptors (Lipinski definition) is 4. The van der Waals surface area contributed by atoms with Gasteiger partial charge in [-0.1, -0.05) is 19.1 Å². The maximum absolute atomic E-state index is 12.4. The van der Waals surface area contributed by atoms with Gasteiger partial charge in [-0.15, -0.1) is 0 Å². The molecule has 0 amide bonds. The lowest BCUT2D eigenvalue weighted by molar-refractivity contribution is -0.142. The predicted octanol–water partition coefficient (Wildman–Crippen LogP) is 1.97. The second kappa shape index (κ2) is 5.10. The summed E-state index contributed by atoms with van der Waals surface area (Å²) in [5.41, 5.74) is 1.05. The predicted molar refractivity (Wildman–Crippen MR) is 69.1 cm³/mol. The lowest BCUT2D eigenvalue weighted by Crippen LogP contribution is -2.41. The third-order valence-corrected chi connectivity index (χ3v) is 5.39. The molecule has 0 aliphatic carbocycles. The van der Waals surface area contributed by atoms with Crippen LogP contribution in [0.1, 0.15) is 26.3 Å². The third kappa shape index (κ3) is 2.41. The molecule has 0 bridgehead atoms. The Morgan fingerprint density at radius 2 is 1.72 bits per heavy atom. The number of benzene rings is 1. The number of rotatable bonds is 4. The van der Waals surface area contributed by atoms with Crippen molar-refractivity contribution in [3.63, 3.8) is 0 Å². The highest BCUT2D eigenvalue weighted by Gasteiger charge is 2.43. The largest absolute Gasteiger partial charge is 0.468 e. The van der Waals surface area contributed by atoms with Crippen molar-refractivity contribution in [3.05, 3.63) is 29.8 Å². The highest BCUT2D eigenvalue weighted by molar-refractivity contribution is 7.93. The first kappa shape index (κ1) is 14.7. The number of methoxy groups -OCH3 is 1. The molecule has 0 aromatic heterocycles. The van der Waals surface area contributed by atoms with E-state index in [9.17, 15) is 13.2 Å². The van der Waals surface area contributed by atoms with Crippen LogP contribution in [0.15, 0.2) is 29.2 Å². The summed E-state index contributed by atoms with van der Waals surface area (Å²) in [4.78, 5) is 11.7. The van der Waals surface area contributed by atoms with Crippen molar-refractivity contribution >= 4 is 15.8 Å². The smallest absolute Gasteiger partial charge is 0.327 e. The monoisotopic (exact) mass is 270 g/mol. The molecule has 1 aromatic carbocycles. The summed E-state index contributed by atoms with van der Waals surface area (Å²) in [5.74, 6) is -0.762. The van der Waals surface area contributed by atoms with Gasteiger partial charge in [0.25, 0.3) is 0 Å². The molecule has 0 N–H and O–H groups in total. The zero-order valence-corrected chi connectivity index (χ0v) is 11.9. The van der Waals surface area contributed by atoms with Crippen LogP contribution in [0.4, 0.5) is 0 Å². The van der Waals surface area contributed by atoms with E-state index in [0.717, 1.165) is 12.0 Å². The van der Waals surface area contributed by atoms with Gasteiger partial charge in [-0.25, -0.2) is 8.42 Å². The Kier molecular flexibility index (Phi) is 4.16. The van der Waals surface area contributed by atoms with Crippen molar-refractivity contribution in [2.75, 3.05) is 7.11 Å². The van der Waals surface area contributed by atoms with Gasteiger partial charge in [-0.2, -0.15) is 0 Å². The van der Waals surface area contributed by atoms with Gasteiger partial charge in [0, 0.05) is 0 Å². The van der Waals surface area contributed by atoms with Crippen LogP contribution in [0, 0.1) is 0 Å². The maximum atomic E-state index is 12.4. The van der Waals surface area contributed by atoms with Crippen molar-refractivity contribution in [1.29, 1.82) is 0 Å². The van der Waals surface area contributed by atoms with Crippen molar-refractivity contribution in [3.8, 4) is 0 Å². The number of hydrogen-bond donors (Lipinski definition) is 0. The molecule has 1 rings (SSSR count). The standard InChI is InChI=1S/C13H18O4S/c1-5-10-6-8-11(9-7-10)18(15,16)13(2,3)12(14)17-4/h6-9H,5H2,1-4H3. The number of ether oxygens (including phenoxy) is 1. The van der Waals surface area contributed by atoms with E-state index in [0.29, 0.717) is 0 Å².